The number of carbonyl (C=O) groups excluding carboxylic acids is 2. The van der Waals surface area contributed by atoms with Gasteiger partial charge in [0.2, 0.25) is 0 Å². The maximum Gasteiger partial charge on any atom is 0.257 e. The minimum absolute atomic E-state index is 0.316. The Bertz CT molecular complexity index is 1660. The number of nitrogens with zero attached hydrogens (tertiary/aromatic N) is 5. The van der Waals surface area contributed by atoms with Crippen molar-refractivity contribution in [3.05, 3.63) is 84.2 Å². The van der Waals surface area contributed by atoms with Crippen LogP contribution in [0.2, 0.25) is 0 Å². The lowest BCUT2D eigenvalue weighted by molar-refractivity contribution is -0.133. The van der Waals surface area contributed by atoms with Crippen LogP contribution >= 0.6 is 0 Å². The van der Waals surface area contributed by atoms with E-state index in [-0.39, 0.29) is 11.8 Å². The third kappa shape index (κ3) is 6.59. The molecule has 2 N–H and O–H groups in total. The number of pyridine rings is 4. The van der Waals surface area contributed by atoms with Gasteiger partial charge < -0.3 is 15.4 Å². The smallest absolute Gasteiger partial charge is 0.257 e. The van der Waals surface area contributed by atoms with Crippen molar-refractivity contribution < 1.29 is 14.3 Å². The predicted octanol–water partition coefficient (Wildman–Crippen LogP) is 5.33. The molecule has 4 aromatic heterocycles. The van der Waals surface area contributed by atoms with Crippen molar-refractivity contribution in [1.29, 1.82) is 5.26 Å². The highest BCUT2D eigenvalue weighted by atomic mass is 16.5. The second kappa shape index (κ2) is 11.6. The van der Waals surface area contributed by atoms with Crippen molar-refractivity contribution in [3.8, 4) is 28.5 Å². The van der Waals surface area contributed by atoms with Gasteiger partial charge in [-0.1, -0.05) is 0 Å². The van der Waals surface area contributed by atoms with Crippen LogP contribution in [-0.2, 0) is 14.9 Å². The summed E-state index contributed by atoms with van der Waals surface area (Å²) < 4.78 is 5.25. The number of amides is 2. The number of hydrogen-bond acceptors (Lipinski definition) is 8. The van der Waals surface area contributed by atoms with Crippen LogP contribution in [0.4, 0.5) is 11.5 Å². The first kappa shape index (κ1) is 29.0. The number of methoxy groups -OCH3 is 1. The van der Waals surface area contributed by atoms with Gasteiger partial charge >= 0.3 is 0 Å². The number of ether oxygens (including phenoxy) is 1. The van der Waals surface area contributed by atoms with Crippen molar-refractivity contribution >= 4 is 23.3 Å². The second-order valence-corrected chi connectivity index (χ2v) is 10.5. The Labute approximate surface area is 238 Å². The van der Waals surface area contributed by atoms with Crippen LogP contribution in [0.1, 0.15) is 49.4 Å². The van der Waals surface area contributed by atoms with Crippen LogP contribution in [-0.4, -0.2) is 44.5 Å². The summed E-state index contributed by atoms with van der Waals surface area (Å²) >= 11 is 0. The molecule has 0 aliphatic heterocycles. The molecule has 0 radical (unpaired) electrons. The van der Waals surface area contributed by atoms with Crippen molar-refractivity contribution in [2.75, 3.05) is 17.7 Å². The molecule has 4 rings (SSSR count). The zero-order valence-corrected chi connectivity index (χ0v) is 23.8. The lowest BCUT2D eigenvalue weighted by Gasteiger charge is -2.21. The Morgan fingerprint density at radius 1 is 0.878 bits per heavy atom. The molecule has 0 aliphatic rings. The lowest BCUT2D eigenvalue weighted by Crippen LogP contribution is -2.39. The average molecular weight is 550 g/mol. The van der Waals surface area contributed by atoms with Gasteiger partial charge in [-0.05, 0) is 82.6 Å². The highest BCUT2D eigenvalue weighted by Crippen LogP contribution is 2.29. The molecule has 0 unspecified atom stereocenters. The molecule has 4 heterocycles. The molecule has 0 spiro atoms. The van der Waals surface area contributed by atoms with E-state index >= 15 is 0 Å². The molecule has 0 saturated carbocycles. The van der Waals surface area contributed by atoms with E-state index < -0.39 is 11.0 Å². The van der Waals surface area contributed by atoms with Crippen LogP contribution in [0, 0.1) is 18.3 Å². The Morgan fingerprint density at radius 3 is 2.32 bits per heavy atom. The normalized spacial score (nSPS) is 11.4. The van der Waals surface area contributed by atoms with Crippen LogP contribution < -0.4 is 10.6 Å². The van der Waals surface area contributed by atoms with E-state index in [0.29, 0.717) is 28.5 Å². The van der Waals surface area contributed by atoms with E-state index in [0.717, 1.165) is 22.4 Å². The highest BCUT2D eigenvalue weighted by molar-refractivity contribution is 6.04. The van der Waals surface area contributed by atoms with Gasteiger partial charge in [0, 0.05) is 48.1 Å². The number of nitriles is 1. The molecule has 0 aromatic carbocycles. The van der Waals surface area contributed by atoms with Crippen LogP contribution in [0.25, 0.3) is 22.4 Å². The number of carbonyl (C=O) groups is 2. The molecular weight excluding hydrogens is 518 g/mol. The average Bonchev–Trinajstić information content (AvgIpc) is 2.98. The first-order valence-corrected chi connectivity index (χ1v) is 12.9. The van der Waals surface area contributed by atoms with Crippen molar-refractivity contribution in [1.82, 2.24) is 19.9 Å². The Balaban J connectivity index is 1.59. The van der Waals surface area contributed by atoms with Crippen LogP contribution in [0.15, 0.2) is 67.3 Å². The first-order chi connectivity index (χ1) is 19.4. The quantitative estimate of drug-likeness (QED) is 0.300. The zero-order chi connectivity index (χ0) is 29.8. The number of hydrogen-bond donors (Lipinski definition) is 2. The fourth-order valence-electron chi connectivity index (χ4n) is 3.84. The largest absolute Gasteiger partial charge is 0.369 e. The molecule has 4 aromatic rings. The number of aromatic nitrogens is 4. The maximum absolute atomic E-state index is 13.0. The molecule has 0 aliphatic carbocycles. The molecule has 0 fully saturated rings. The molecule has 10 heteroatoms. The van der Waals surface area contributed by atoms with E-state index in [1.54, 1.807) is 64.5 Å². The van der Waals surface area contributed by atoms with Crippen molar-refractivity contribution in [2.45, 2.75) is 45.6 Å². The van der Waals surface area contributed by atoms with E-state index in [1.165, 1.54) is 13.3 Å². The number of anilines is 2. The van der Waals surface area contributed by atoms with E-state index in [4.69, 9.17) is 4.74 Å². The molecule has 2 amide bonds. The first-order valence-electron chi connectivity index (χ1n) is 12.9. The summed E-state index contributed by atoms with van der Waals surface area (Å²) in [5.74, 6) is -0.272. The molecule has 0 bridgehead atoms. The van der Waals surface area contributed by atoms with Crippen molar-refractivity contribution in [3.63, 3.8) is 0 Å². The van der Waals surface area contributed by atoms with Gasteiger partial charge in [-0.15, -0.1) is 0 Å². The fraction of sp³-hybridized carbons (Fsp3) is 0.258. The minimum atomic E-state index is -1.01. The highest BCUT2D eigenvalue weighted by Gasteiger charge is 2.27. The van der Waals surface area contributed by atoms with Crippen LogP contribution in [0.3, 0.4) is 0 Å². The fourth-order valence-corrected chi connectivity index (χ4v) is 3.84. The Morgan fingerprint density at radius 2 is 1.59 bits per heavy atom. The topological polar surface area (TPSA) is 143 Å². The monoisotopic (exact) mass is 549 g/mol. The van der Waals surface area contributed by atoms with Crippen molar-refractivity contribution in [2.24, 2.45) is 0 Å². The molecule has 41 heavy (non-hydrogen) atoms. The van der Waals surface area contributed by atoms with Gasteiger partial charge in [0.05, 0.1) is 34.8 Å². The molecule has 0 saturated heterocycles. The SMILES string of the molecule is COC(C)(C)C(=O)Nc1cc(-c2cc(-c3cc(NC(=O)c4ccnc(C(C)(C)C#N)c4)cnc3C)ccn2)ccn1. The van der Waals surface area contributed by atoms with Gasteiger partial charge in [0.25, 0.3) is 11.8 Å². The van der Waals surface area contributed by atoms with E-state index in [2.05, 4.69) is 36.6 Å². The standard InChI is InChI=1S/C31H31N7O3/c1-19-24(16-23(17-36-19)37-28(39)22-9-11-34-26(14-22)30(2,3)18-32)20-7-10-33-25(13-20)21-8-12-35-27(15-21)38-29(40)31(4,5)41-6/h7-17H,1-6H3,(H,37,39)(H,35,38,40). The van der Waals surface area contributed by atoms with Gasteiger partial charge in [0.15, 0.2) is 0 Å². The predicted molar refractivity (Wildman–Crippen MR) is 156 cm³/mol. The summed E-state index contributed by atoms with van der Waals surface area (Å²) in [5.41, 5.74) is 3.46. The molecule has 10 nitrogen and oxygen atoms in total. The molecule has 208 valence electrons. The van der Waals surface area contributed by atoms with Gasteiger partial charge in [0.1, 0.15) is 11.4 Å². The summed E-state index contributed by atoms with van der Waals surface area (Å²) in [6, 6.07) is 14.6. The Hall–Kier alpha value is -5.01. The van der Waals surface area contributed by atoms with Gasteiger partial charge in [-0.25, -0.2) is 4.98 Å². The maximum atomic E-state index is 13.0. The summed E-state index contributed by atoms with van der Waals surface area (Å²) in [4.78, 5) is 43.1. The third-order valence-electron chi connectivity index (χ3n) is 6.71. The summed E-state index contributed by atoms with van der Waals surface area (Å²) in [5, 5.41) is 15.1. The summed E-state index contributed by atoms with van der Waals surface area (Å²) in [6.45, 7) is 8.74. The summed E-state index contributed by atoms with van der Waals surface area (Å²) in [6.07, 6.45) is 6.41. The van der Waals surface area contributed by atoms with Crippen LogP contribution in [0.5, 0.6) is 0 Å². The zero-order valence-electron chi connectivity index (χ0n) is 23.8. The second-order valence-electron chi connectivity index (χ2n) is 10.5. The van der Waals surface area contributed by atoms with E-state index in [1.807, 2.05) is 31.2 Å². The molecular formula is C31H31N7O3. The lowest BCUT2D eigenvalue weighted by atomic mass is 9.90. The minimum Gasteiger partial charge on any atom is -0.369 e. The van der Waals surface area contributed by atoms with Gasteiger partial charge in [-0.2, -0.15) is 5.26 Å². The molecule has 0 atom stereocenters. The number of nitrogens with one attached hydrogen (secondary N) is 2. The third-order valence-corrected chi connectivity index (χ3v) is 6.71. The van der Waals surface area contributed by atoms with E-state index in [9.17, 15) is 14.9 Å². The summed E-state index contributed by atoms with van der Waals surface area (Å²) in [7, 11) is 1.47. The number of aryl methyl sites for hydroxylation is 1. The number of rotatable bonds is 8. The Kier molecular flexibility index (Phi) is 8.21. The van der Waals surface area contributed by atoms with Gasteiger partial charge in [-0.3, -0.25) is 24.5 Å².